The molecule has 2 aromatic heterocycles. The topological polar surface area (TPSA) is 95.3 Å². The average Bonchev–Trinajstić information content (AvgIpc) is 3.50. The van der Waals surface area contributed by atoms with Crippen LogP contribution in [-0.4, -0.2) is 40.4 Å². The molecule has 0 aliphatic rings. The number of rotatable bonds is 7. The number of nitrogens with zero attached hydrogens (tertiary/aromatic N) is 3. The molecule has 0 bridgehead atoms. The van der Waals surface area contributed by atoms with E-state index in [1.54, 1.807) is 23.7 Å². The Labute approximate surface area is 198 Å². The second-order valence-corrected chi connectivity index (χ2v) is 8.26. The standard InChI is InChI=1S/C23H19ClN4O4S/c1-14-11-17(18(31-2)12-16(14)24)25-20(29)13-32-23(30)21-26-22(19-9-6-10-33-19)28(27-21)15-7-4-3-5-8-15/h3-12H,13H2,1-2H3,(H,25,29). The molecule has 0 fully saturated rings. The molecule has 8 nitrogen and oxygen atoms in total. The lowest BCUT2D eigenvalue weighted by atomic mass is 10.2. The highest BCUT2D eigenvalue weighted by atomic mass is 35.5. The third kappa shape index (κ3) is 5.05. The summed E-state index contributed by atoms with van der Waals surface area (Å²) in [6.45, 7) is 1.29. The van der Waals surface area contributed by atoms with Crippen LogP contribution in [0.1, 0.15) is 16.2 Å². The number of carbonyl (C=O) groups is 2. The number of hydrogen-bond donors (Lipinski definition) is 1. The number of anilines is 1. The average molecular weight is 483 g/mol. The molecule has 0 atom stereocenters. The van der Waals surface area contributed by atoms with Crippen LogP contribution in [0.2, 0.25) is 5.02 Å². The summed E-state index contributed by atoms with van der Waals surface area (Å²) in [4.78, 5) is 30.2. The first-order valence-corrected chi connectivity index (χ1v) is 11.1. The van der Waals surface area contributed by atoms with E-state index in [-0.39, 0.29) is 5.82 Å². The van der Waals surface area contributed by atoms with Crippen LogP contribution in [0.15, 0.2) is 60.0 Å². The Morgan fingerprint density at radius 3 is 2.64 bits per heavy atom. The van der Waals surface area contributed by atoms with E-state index < -0.39 is 18.5 Å². The number of amides is 1. The zero-order valence-corrected chi connectivity index (χ0v) is 19.3. The Morgan fingerprint density at radius 1 is 1.15 bits per heavy atom. The van der Waals surface area contributed by atoms with E-state index in [0.717, 1.165) is 16.1 Å². The van der Waals surface area contributed by atoms with E-state index in [1.165, 1.54) is 18.4 Å². The van der Waals surface area contributed by atoms with Gasteiger partial charge in [-0.15, -0.1) is 16.4 Å². The zero-order chi connectivity index (χ0) is 23.4. The molecule has 4 rings (SSSR count). The molecule has 0 aliphatic carbocycles. The molecule has 4 aromatic rings. The largest absolute Gasteiger partial charge is 0.495 e. The molecule has 2 aromatic carbocycles. The smallest absolute Gasteiger partial charge is 0.378 e. The molecule has 2 heterocycles. The van der Waals surface area contributed by atoms with Crippen molar-refractivity contribution < 1.29 is 19.1 Å². The number of carbonyl (C=O) groups excluding carboxylic acids is 2. The number of halogens is 1. The minimum Gasteiger partial charge on any atom is -0.495 e. The number of para-hydroxylation sites is 1. The Hall–Kier alpha value is -3.69. The van der Waals surface area contributed by atoms with Crippen molar-refractivity contribution >= 4 is 40.5 Å². The molecular formula is C23H19ClN4O4S. The van der Waals surface area contributed by atoms with Crippen LogP contribution in [-0.2, 0) is 9.53 Å². The molecular weight excluding hydrogens is 464 g/mol. The first-order chi connectivity index (χ1) is 16.0. The lowest BCUT2D eigenvalue weighted by Crippen LogP contribution is -2.22. The highest BCUT2D eigenvalue weighted by Gasteiger charge is 2.21. The molecule has 1 N–H and O–H groups in total. The lowest BCUT2D eigenvalue weighted by molar-refractivity contribution is -0.119. The normalized spacial score (nSPS) is 10.6. The maximum absolute atomic E-state index is 12.6. The van der Waals surface area contributed by atoms with Gasteiger partial charge in [-0.2, -0.15) is 4.98 Å². The van der Waals surface area contributed by atoms with E-state index in [4.69, 9.17) is 21.1 Å². The molecule has 0 saturated heterocycles. The number of aromatic nitrogens is 3. The van der Waals surface area contributed by atoms with Gasteiger partial charge in [-0.25, -0.2) is 9.48 Å². The highest BCUT2D eigenvalue weighted by Crippen LogP contribution is 2.31. The fourth-order valence-corrected chi connectivity index (χ4v) is 3.88. The first-order valence-electron chi connectivity index (χ1n) is 9.83. The van der Waals surface area contributed by atoms with E-state index in [0.29, 0.717) is 22.3 Å². The Balaban J connectivity index is 1.49. The number of aryl methyl sites for hydroxylation is 1. The van der Waals surface area contributed by atoms with Crippen LogP contribution in [0.25, 0.3) is 16.4 Å². The third-order valence-electron chi connectivity index (χ3n) is 4.62. The van der Waals surface area contributed by atoms with Gasteiger partial charge in [0.05, 0.1) is 23.4 Å². The van der Waals surface area contributed by atoms with Crippen molar-refractivity contribution in [1.82, 2.24) is 14.8 Å². The lowest BCUT2D eigenvalue weighted by Gasteiger charge is -2.12. The van der Waals surface area contributed by atoms with Gasteiger partial charge >= 0.3 is 5.97 Å². The summed E-state index contributed by atoms with van der Waals surface area (Å²) in [5.74, 6) is -0.584. The minimum absolute atomic E-state index is 0.144. The van der Waals surface area contributed by atoms with Gasteiger partial charge in [-0.3, -0.25) is 4.79 Å². The number of hydrogen-bond acceptors (Lipinski definition) is 7. The van der Waals surface area contributed by atoms with Crippen molar-refractivity contribution in [2.24, 2.45) is 0 Å². The second kappa shape index (κ2) is 9.85. The van der Waals surface area contributed by atoms with E-state index >= 15 is 0 Å². The maximum atomic E-state index is 12.6. The number of methoxy groups -OCH3 is 1. The minimum atomic E-state index is -0.808. The Bertz CT molecular complexity index is 1290. The number of thiophene rings is 1. The quantitative estimate of drug-likeness (QED) is 0.381. The predicted octanol–water partition coefficient (Wildman–Crippen LogP) is 4.76. The first kappa shape index (κ1) is 22.5. The van der Waals surface area contributed by atoms with Crippen LogP contribution in [0.4, 0.5) is 5.69 Å². The van der Waals surface area contributed by atoms with Gasteiger partial charge in [0.15, 0.2) is 12.4 Å². The molecule has 0 unspecified atom stereocenters. The fraction of sp³-hybridized carbons (Fsp3) is 0.130. The van der Waals surface area contributed by atoms with Crippen molar-refractivity contribution in [2.75, 3.05) is 19.0 Å². The summed E-state index contributed by atoms with van der Waals surface area (Å²) in [6, 6.07) is 16.4. The molecule has 10 heteroatoms. The number of esters is 1. The number of ether oxygens (including phenoxy) is 2. The van der Waals surface area contributed by atoms with Crippen molar-refractivity contribution in [1.29, 1.82) is 0 Å². The summed E-state index contributed by atoms with van der Waals surface area (Å²) < 4.78 is 12.0. The summed E-state index contributed by atoms with van der Waals surface area (Å²) >= 11 is 7.56. The van der Waals surface area contributed by atoms with Gasteiger partial charge in [-0.05, 0) is 42.1 Å². The Kier molecular flexibility index (Phi) is 6.71. The second-order valence-electron chi connectivity index (χ2n) is 6.91. The van der Waals surface area contributed by atoms with Crippen LogP contribution in [0.5, 0.6) is 5.75 Å². The molecule has 33 heavy (non-hydrogen) atoms. The molecule has 0 radical (unpaired) electrons. The van der Waals surface area contributed by atoms with Gasteiger partial charge < -0.3 is 14.8 Å². The van der Waals surface area contributed by atoms with Crippen molar-refractivity contribution in [3.05, 3.63) is 76.4 Å². The molecule has 0 aliphatic heterocycles. The molecule has 0 spiro atoms. The number of benzene rings is 2. The molecule has 168 valence electrons. The van der Waals surface area contributed by atoms with Gasteiger partial charge in [0.25, 0.3) is 11.7 Å². The summed E-state index contributed by atoms with van der Waals surface area (Å²) in [6.07, 6.45) is 0. The molecule has 0 saturated carbocycles. The summed E-state index contributed by atoms with van der Waals surface area (Å²) in [5, 5.41) is 9.40. The van der Waals surface area contributed by atoms with E-state index in [1.807, 2.05) is 47.8 Å². The highest BCUT2D eigenvalue weighted by molar-refractivity contribution is 7.13. The zero-order valence-electron chi connectivity index (χ0n) is 17.7. The Morgan fingerprint density at radius 2 is 1.94 bits per heavy atom. The maximum Gasteiger partial charge on any atom is 0.378 e. The monoisotopic (exact) mass is 482 g/mol. The van der Waals surface area contributed by atoms with Gasteiger partial charge in [0, 0.05) is 11.1 Å². The SMILES string of the molecule is COc1cc(Cl)c(C)cc1NC(=O)COC(=O)c1nc(-c2cccs2)n(-c2ccccc2)n1. The fourth-order valence-electron chi connectivity index (χ4n) is 3.02. The summed E-state index contributed by atoms with van der Waals surface area (Å²) in [7, 11) is 1.47. The molecule has 1 amide bonds. The third-order valence-corrected chi connectivity index (χ3v) is 5.89. The van der Waals surface area contributed by atoms with E-state index in [9.17, 15) is 9.59 Å². The van der Waals surface area contributed by atoms with Crippen LogP contribution in [0, 0.1) is 6.92 Å². The van der Waals surface area contributed by atoms with Crippen LogP contribution >= 0.6 is 22.9 Å². The van der Waals surface area contributed by atoms with Crippen molar-refractivity contribution in [3.63, 3.8) is 0 Å². The number of nitrogens with one attached hydrogen (secondary N) is 1. The van der Waals surface area contributed by atoms with Gasteiger partial charge in [0.2, 0.25) is 0 Å². The van der Waals surface area contributed by atoms with Crippen LogP contribution < -0.4 is 10.1 Å². The van der Waals surface area contributed by atoms with Gasteiger partial charge in [-0.1, -0.05) is 35.9 Å². The van der Waals surface area contributed by atoms with E-state index in [2.05, 4.69) is 15.4 Å². The predicted molar refractivity (Wildman–Crippen MR) is 126 cm³/mol. The van der Waals surface area contributed by atoms with Crippen molar-refractivity contribution in [3.8, 4) is 22.1 Å². The summed E-state index contributed by atoms with van der Waals surface area (Å²) in [5.41, 5.74) is 1.93. The van der Waals surface area contributed by atoms with Gasteiger partial charge in [0.1, 0.15) is 5.75 Å². The van der Waals surface area contributed by atoms with Crippen molar-refractivity contribution in [2.45, 2.75) is 6.92 Å². The van der Waals surface area contributed by atoms with Crippen LogP contribution in [0.3, 0.4) is 0 Å².